The summed E-state index contributed by atoms with van der Waals surface area (Å²) >= 11 is 6.19. The van der Waals surface area contributed by atoms with Crippen molar-refractivity contribution >= 4 is 11.6 Å². The van der Waals surface area contributed by atoms with Crippen molar-refractivity contribution in [2.24, 2.45) is 0 Å². The van der Waals surface area contributed by atoms with Gasteiger partial charge in [-0.05, 0) is 35.9 Å². The number of nitrogens with zero attached hydrogens (tertiary/aromatic N) is 1. The van der Waals surface area contributed by atoms with Crippen LogP contribution in [-0.4, -0.2) is 17.7 Å². The van der Waals surface area contributed by atoms with E-state index in [0.29, 0.717) is 0 Å². The summed E-state index contributed by atoms with van der Waals surface area (Å²) in [5.74, 6) is 1.02. The lowest BCUT2D eigenvalue weighted by Crippen LogP contribution is -2.11. The van der Waals surface area contributed by atoms with Crippen LogP contribution in [0.1, 0.15) is 23.6 Å². The first kappa shape index (κ1) is 13.5. The first-order chi connectivity index (χ1) is 9.76. The van der Waals surface area contributed by atoms with Crippen LogP contribution in [0, 0.1) is 0 Å². The third kappa shape index (κ3) is 2.84. The summed E-state index contributed by atoms with van der Waals surface area (Å²) in [6.07, 6.45) is 5.24. The van der Waals surface area contributed by atoms with E-state index < -0.39 is 0 Å². The normalized spacial score (nSPS) is 13.3. The van der Waals surface area contributed by atoms with E-state index >= 15 is 0 Å². The Morgan fingerprint density at radius 1 is 1.40 bits per heavy atom. The molecule has 0 spiro atoms. The smallest absolute Gasteiger partial charge is 0.127 e. The molecule has 0 radical (unpaired) electrons. The molecular weight excluding hydrogens is 272 g/mol. The molecule has 0 saturated heterocycles. The minimum absolute atomic E-state index is 0.764. The third-order valence-electron chi connectivity index (χ3n) is 3.57. The Bertz CT molecular complexity index is 607. The van der Waals surface area contributed by atoms with E-state index in [1.54, 1.807) is 0 Å². The molecular formula is C16H19ClN2O. The van der Waals surface area contributed by atoms with Gasteiger partial charge in [-0.3, -0.25) is 0 Å². The third-order valence-corrected chi connectivity index (χ3v) is 3.79. The Morgan fingerprint density at radius 2 is 2.30 bits per heavy atom. The Morgan fingerprint density at radius 3 is 3.15 bits per heavy atom. The minimum Gasteiger partial charge on any atom is -0.493 e. The highest BCUT2D eigenvalue weighted by Crippen LogP contribution is 2.33. The zero-order valence-corrected chi connectivity index (χ0v) is 12.4. The quantitative estimate of drug-likeness (QED) is 0.915. The number of rotatable bonds is 5. The average molecular weight is 291 g/mol. The Hall–Kier alpha value is -1.45. The number of benzene rings is 1. The highest BCUT2D eigenvalue weighted by molar-refractivity contribution is 6.30. The molecule has 0 aliphatic carbocycles. The molecule has 1 aliphatic rings. The fourth-order valence-corrected chi connectivity index (χ4v) is 2.89. The van der Waals surface area contributed by atoms with Gasteiger partial charge in [-0.25, -0.2) is 0 Å². The van der Waals surface area contributed by atoms with Crippen molar-refractivity contribution in [3.8, 4) is 5.75 Å². The van der Waals surface area contributed by atoms with E-state index in [4.69, 9.17) is 16.3 Å². The highest BCUT2D eigenvalue weighted by atomic mass is 35.5. The maximum absolute atomic E-state index is 6.19. The second kappa shape index (κ2) is 5.90. The van der Waals surface area contributed by atoms with Gasteiger partial charge in [-0.1, -0.05) is 18.5 Å². The van der Waals surface area contributed by atoms with Crippen LogP contribution in [0.3, 0.4) is 0 Å². The van der Waals surface area contributed by atoms with E-state index in [2.05, 4.69) is 35.3 Å². The highest BCUT2D eigenvalue weighted by Gasteiger charge is 2.17. The standard InChI is InChI=1S/C16H19ClN2O/c1-2-18-9-12-3-5-19(10-12)11-14-8-15(17)7-13-4-6-20-16(13)14/h3,5,7-8,10,18H,2,4,6,9,11H2,1H3. The van der Waals surface area contributed by atoms with Gasteiger partial charge in [0.05, 0.1) is 13.2 Å². The summed E-state index contributed by atoms with van der Waals surface area (Å²) < 4.78 is 7.93. The van der Waals surface area contributed by atoms with Gasteiger partial charge < -0.3 is 14.6 Å². The first-order valence-corrected chi connectivity index (χ1v) is 7.43. The number of fused-ring (bicyclic) bond motifs is 1. The first-order valence-electron chi connectivity index (χ1n) is 7.05. The summed E-state index contributed by atoms with van der Waals surface area (Å²) in [7, 11) is 0. The molecule has 20 heavy (non-hydrogen) atoms. The molecule has 4 heteroatoms. The molecule has 0 saturated carbocycles. The number of halogens is 1. The SMILES string of the molecule is CCNCc1ccn(Cc2cc(Cl)cc3c2OCC3)c1. The molecule has 0 unspecified atom stereocenters. The van der Waals surface area contributed by atoms with Crippen molar-refractivity contribution in [1.82, 2.24) is 9.88 Å². The van der Waals surface area contributed by atoms with Crippen molar-refractivity contribution in [1.29, 1.82) is 0 Å². The van der Waals surface area contributed by atoms with Crippen LogP contribution in [0.2, 0.25) is 5.02 Å². The number of hydrogen-bond donors (Lipinski definition) is 1. The summed E-state index contributed by atoms with van der Waals surface area (Å²) in [4.78, 5) is 0. The molecule has 106 valence electrons. The second-order valence-electron chi connectivity index (χ2n) is 5.12. The van der Waals surface area contributed by atoms with Crippen molar-refractivity contribution in [2.75, 3.05) is 13.2 Å². The van der Waals surface area contributed by atoms with E-state index in [-0.39, 0.29) is 0 Å². The molecule has 3 rings (SSSR count). The van der Waals surface area contributed by atoms with Gasteiger partial charge >= 0.3 is 0 Å². The lowest BCUT2D eigenvalue weighted by molar-refractivity contribution is 0.352. The molecule has 0 fully saturated rings. The van der Waals surface area contributed by atoms with E-state index in [1.165, 1.54) is 11.1 Å². The van der Waals surface area contributed by atoms with Crippen LogP contribution in [-0.2, 0) is 19.5 Å². The van der Waals surface area contributed by atoms with Gasteiger partial charge in [0.15, 0.2) is 0 Å². The summed E-state index contributed by atoms with van der Waals surface area (Å²) in [6, 6.07) is 6.17. The lowest BCUT2D eigenvalue weighted by atomic mass is 10.1. The van der Waals surface area contributed by atoms with Gasteiger partial charge in [-0.2, -0.15) is 0 Å². The summed E-state index contributed by atoms with van der Waals surface area (Å²) in [6.45, 7) is 5.58. The van der Waals surface area contributed by atoms with Gasteiger partial charge in [0.25, 0.3) is 0 Å². The van der Waals surface area contributed by atoms with Gasteiger partial charge in [0.2, 0.25) is 0 Å². The van der Waals surface area contributed by atoms with E-state index in [9.17, 15) is 0 Å². The summed E-state index contributed by atoms with van der Waals surface area (Å²) in [5.41, 5.74) is 3.69. The predicted octanol–water partition coefficient (Wildman–Crippen LogP) is 3.23. The Balaban J connectivity index is 1.79. The second-order valence-corrected chi connectivity index (χ2v) is 5.56. The van der Waals surface area contributed by atoms with E-state index in [1.807, 2.05) is 12.1 Å². The average Bonchev–Trinajstić information content (AvgIpc) is 3.05. The zero-order chi connectivity index (χ0) is 13.9. The fourth-order valence-electron chi connectivity index (χ4n) is 2.62. The molecule has 1 aliphatic heterocycles. The van der Waals surface area contributed by atoms with Crippen molar-refractivity contribution < 1.29 is 4.74 Å². The topological polar surface area (TPSA) is 26.2 Å². The molecule has 1 aromatic carbocycles. The molecule has 0 amide bonds. The maximum atomic E-state index is 6.19. The van der Waals surface area contributed by atoms with Crippen molar-refractivity contribution in [3.63, 3.8) is 0 Å². The van der Waals surface area contributed by atoms with Crippen LogP contribution in [0.15, 0.2) is 30.6 Å². The monoisotopic (exact) mass is 290 g/mol. The molecule has 0 bridgehead atoms. The Kier molecular flexibility index (Phi) is 3.99. The van der Waals surface area contributed by atoms with Gasteiger partial charge in [0.1, 0.15) is 5.75 Å². The van der Waals surface area contributed by atoms with Gasteiger partial charge in [-0.15, -0.1) is 0 Å². The van der Waals surface area contributed by atoms with Crippen LogP contribution in [0.5, 0.6) is 5.75 Å². The van der Waals surface area contributed by atoms with Crippen molar-refractivity contribution in [3.05, 3.63) is 52.3 Å². The number of ether oxygens (including phenoxy) is 1. The van der Waals surface area contributed by atoms with Crippen LogP contribution < -0.4 is 10.1 Å². The predicted molar refractivity (Wildman–Crippen MR) is 81.6 cm³/mol. The van der Waals surface area contributed by atoms with Crippen LogP contribution >= 0.6 is 11.6 Å². The molecule has 1 aromatic heterocycles. The molecule has 0 atom stereocenters. The van der Waals surface area contributed by atoms with Crippen LogP contribution in [0.4, 0.5) is 0 Å². The molecule has 3 nitrogen and oxygen atoms in total. The zero-order valence-electron chi connectivity index (χ0n) is 11.7. The van der Waals surface area contributed by atoms with Gasteiger partial charge in [0, 0.05) is 35.9 Å². The maximum Gasteiger partial charge on any atom is 0.127 e. The molecule has 2 heterocycles. The molecule has 1 N–H and O–H groups in total. The lowest BCUT2D eigenvalue weighted by Gasteiger charge is -2.10. The Labute approximate surface area is 124 Å². The van der Waals surface area contributed by atoms with Crippen LogP contribution in [0.25, 0.3) is 0 Å². The van der Waals surface area contributed by atoms with E-state index in [0.717, 1.165) is 49.0 Å². The largest absolute Gasteiger partial charge is 0.493 e. The minimum atomic E-state index is 0.764. The number of hydrogen-bond acceptors (Lipinski definition) is 2. The molecule has 2 aromatic rings. The summed E-state index contributed by atoms with van der Waals surface area (Å²) in [5, 5.41) is 4.13. The van der Waals surface area contributed by atoms with Crippen molar-refractivity contribution in [2.45, 2.75) is 26.4 Å². The number of aromatic nitrogens is 1. The number of nitrogens with one attached hydrogen (secondary N) is 1. The fraction of sp³-hybridized carbons (Fsp3) is 0.375.